The van der Waals surface area contributed by atoms with Crippen LogP contribution in [0.5, 0.6) is 5.75 Å². The lowest BCUT2D eigenvalue weighted by molar-refractivity contribution is -0.139. The van der Waals surface area contributed by atoms with Gasteiger partial charge in [0.2, 0.25) is 0 Å². The first kappa shape index (κ1) is 20.3. The normalized spacial score (nSPS) is 18.1. The SMILES string of the molecule is CCOC(=O)C1=C(C)N=C2SC=CN2[C@@H]1c1ccc(N(CC)CC)cc1OC. The van der Waals surface area contributed by atoms with Gasteiger partial charge in [-0.25, -0.2) is 9.79 Å². The maximum Gasteiger partial charge on any atom is 0.338 e. The van der Waals surface area contributed by atoms with Gasteiger partial charge in [-0.15, -0.1) is 0 Å². The molecule has 0 spiro atoms. The molecule has 0 aliphatic carbocycles. The highest BCUT2D eigenvalue weighted by Gasteiger charge is 2.38. The van der Waals surface area contributed by atoms with Gasteiger partial charge in [-0.2, -0.15) is 0 Å². The van der Waals surface area contributed by atoms with Crippen LogP contribution in [0.25, 0.3) is 0 Å². The number of ether oxygens (including phenoxy) is 2. The highest BCUT2D eigenvalue weighted by Crippen LogP contribution is 2.44. The van der Waals surface area contributed by atoms with Crippen LogP contribution in [0.4, 0.5) is 5.69 Å². The van der Waals surface area contributed by atoms with E-state index in [0.29, 0.717) is 17.9 Å². The summed E-state index contributed by atoms with van der Waals surface area (Å²) in [5.41, 5.74) is 3.24. The van der Waals surface area contributed by atoms with Gasteiger partial charge in [-0.1, -0.05) is 17.8 Å². The third kappa shape index (κ3) is 3.63. The summed E-state index contributed by atoms with van der Waals surface area (Å²) in [5.74, 6) is 0.406. The van der Waals surface area contributed by atoms with E-state index >= 15 is 0 Å². The van der Waals surface area contributed by atoms with Crippen LogP contribution in [0.2, 0.25) is 0 Å². The van der Waals surface area contributed by atoms with Gasteiger partial charge in [-0.05, 0) is 39.2 Å². The molecule has 0 radical (unpaired) electrons. The number of benzene rings is 1. The minimum absolute atomic E-state index is 0.321. The maximum atomic E-state index is 12.8. The summed E-state index contributed by atoms with van der Waals surface area (Å²) >= 11 is 1.54. The van der Waals surface area contributed by atoms with Crippen molar-refractivity contribution >= 4 is 28.6 Å². The van der Waals surface area contributed by atoms with Gasteiger partial charge in [0.1, 0.15) is 5.75 Å². The Morgan fingerprint density at radius 2 is 2.04 bits per heavy atom. The van der Waals surface area contributed by atoms with E-state index in [1.807, 2.05) is 42.5 Å². The van der Waals surface area contributed by atoms with Crippen LogP contribution in [0.15, 0.2) is 46.1 Å². The lowest BCUT2D eigenvalue weighted by Gasteiger charge is -2.34. The molecule has 28 heavy (non-hydrogen) atoms. The van der Waals surface area contributed by atoms with Crippen molar-refractivity contribution in [2.75, 3.05) is 31.7 Å². The highest BCUT2D eigenvalue weighted by atomic mass is 32.2. The van der Waals surface area contributed by atoms with E-state index in [2.05, 4.69) is 29.8 Å². The number of nitrogens with zero attached hydrogens (tertiary/aromatic N) is 3. The number of thioether (sulfide) groups is 1. The van der Waals surface area contributed by atoms with E-state index < -0.39 is 0 Å². The molecular weight excluding hydrogens is 374 g/mol. The molecule has 0 unspecified atom stereocenters. The molecule has 0 N–H and O–H groups in total. The van der Waals surface area contributed by atoms with Crippen LogP contribution in [0, 0.1) is 0 Å². The van der Waals surface area contributed by atoms with Gasteiger partial charge >= 0.3 is 5.97 Å². The van der Waals surface area contributed by atoms with E-state index in [0.717, 1.165) is 35.3 Å². The Morgan fingerprint density at radius 1 is 1.29 bits per heavy atom. The molecule has 0 amide bonds. The minimum atomic E-state index is -0.340. The zero-order chi connectivity index (χ0) is 20.3. The van der Waals surface area contributed by atoms with Crippen molar-refractivity contribution in [2.24, 2.45) is 4.99 Å². The predicted octanol–water partition coefficient (Wildman–Crippen LogP) is 4.31. The Bertz CT molecular complexity index is 843. The van der Waals surface area contributed by atoms with Crippen molar-refractivity contribution in [3.63, 3.8) is 0 Å². The molecule has 2 aliphatic rings. The molecule has 0 fully saturated rings. The number of esters is 1. The van der Waals surface area contributed by atoms with Crippen LogP contribution in [0.3, 0.4) is 0 Å². The number of allylic oxidation sites excluding steroid dienone is 1. The van der Waals surface area contributed by atoms with Crippen molar-refractivity contribution in [2.45, 2.75) is 33.7 Å². The number of carbonyl (C=O) groups is 1. The fourth-order valence-corrected chi connectivity index (χ4v) is 4.38. The Morgan fingerprint density at radius 3 is 2.68 bits per heavy atom. The molecule has 0 aromatic heterocycles. The number of hydrogen-bond donors (Lipinski definition) is 0. The molecule has 6 nitrogen and oxygen atoms in total. The van der Waals surface area contributed by atoms with Crippen LogP contribution >= 0.6 is 11.8 Å². The first-order chi connectivity index (χ1) is 13.5. The van der Waals surface area contributed by atoms with Crippen molar-refractivity contribution in [1.82, 2.24) is 4.90 Å². The van der Waals surface area contributed by atoms with E-state index in [9.17, 15) is 4.79 Å². The molecule has 2 heterocycles. The molecule has 1 aromatic carbocycles. The monoisotopic (exact) mass is 401 g/mol. The number of amidine groups is 1. The van der Waals surface area contributed by atoms with Gasteiger partial charge in [0.15, 0.2) is 5.17 Å². The summed E-state index contributed by atoms with van der Waals surface area (Å²) < 4.78 is 11.1. The molecule has 2 aliphatic heterocycles. The van der Waals surface area contributed by atoms with Crippen LogP contribution in [-0.4, -0.2) is 42.8 Å². The van der Waals surface area contributed by atoms with Crippen LogP contribution in [0.1, 0.15) is 39.3 Å². The molecule has 7 heteroatoms. The third-order valence-corrected chi connectivity index (χ3v) is 5.73. The standard InChI is InChI=1S/C21H27N3O3S/c1-6-23(7-2)15-9-10-16(17(13-15)26-5)19-18(20(25)27-8-3)14(4)22-21-24(19)11-12-28-21/h9-13,19H,6-8H2,1-5H3/t19-/m1/s1. The van der Waals surface area contributed by atoms with Crippen molar-refractivity contribution < 1.29 is 14.3 Å². The first-order valence-corrected chi connectivity index (χ1v) is 10.4. The number of fused-ring (bicyclic) bond motifs is 1. The minimum Gasteiger partial charge on any atom is -0.496 e. The average Bonchev–Trinajstić information content (AvgIpc) is 3.16. The number of carbonyl (C=O) groups excluding carboxylic acids is 1. The van der Waals surface area contributed by atoms with Gasteiger partial charge in [0.05, 0.1) is 31.0 Å². The molecular formula is C21H27N3O3S. The number of methoxy groups -OCH3 is 1. The summed E-state index contributed by atoms with van der Waals surface area (Å²) in [6.07, 6.45) is 1.96. The van der Waals surface area contributed by atoms with Crippen molar-refractivity contribution in [1.29, 1.82) is 0 Å². The van der Waals surface area contributed by atoms with Crippen molar-refractivity contribution in [3.8, 4) is 5.75 Å². The lowest BCUT2D eigenvalue weighted by atomic mass is 9.93. The molecule has 150 valence electrons. The number of rotatable bonds is 7. The average molecular weight is 402 g/mol. The van der Waals surface area contributed by atoms with Crippen molar-refractivity contribution in [3.05, 3.63) is 46.6 Å². The summed E-state index contributed by atoms with van der Waals surface area (Å²) in [5, 5.41) is 2.83. The van der Waals surface area contributed by atoms with Crippen LogP contribution < -0.4 is 9.64 Å². The predicted molar refractivity (Wildman–Crippen MR) is 115 cm³/mol. The van der Waals surface area contributed by atoms with Gasteiger partial charge in [0.25, 0.3) is 0 Å². The second-order valence-electron chi connectivity index (χ2n) is 6.43. The number of anilines is 1. The molecule has 3 rings (SSSR count). The largest absolute Gasteiger partial charge is 0.496 e. The van der Waals surface area contributed by atoms with Gasteiger partial charge < -0.3 is 19.3 Å². The zero-order valence-corrected chi connectivity index (χ0v) is 17.9. The smallest absolute Gasteiger partial charge is 0.338 e. The Hall–Kier alpha value is -2.41. The topological polar surface area (TPSA) is 54.4 Å². The first-order valence-electron chi connectivity index (χ1n) is 9.56. The Kier molecular flexibility index (Phi) is 6.34. The third-order valence-electron chi connectivity index (χ3n) is 4.96. The second-order valence-corrected chi connectivity index (χ2v) is 7.30. The maximum absolute atomic E-state index is 12.8. The molecule has 0 saturated heterocycles. The molecule has 1 aromatic rings. The Labute approximate surface area is 170 Å². The van der Waals surface area contributed by atoms with Gasteiger partial charge in [0, 0.05) is 36.6 Å². The second kappa shape index (κ2) is 8.73. The molecule has 1 atom stereocenters. The fraction of sp³-hybridized carbons (Fsp3) is 0.429. The lowest BCUT2D eigenvalue weighted by Crippen LogP contribution is -2.34. The molecule has 0 bridgehead atoms. The molecule has 0 saturated carbocycles. The zero-order valence-electron chi connectivity index (χ0n) is 17.1. The number of hydrogen-bond acceptors (Lipinski definition) is 7. The fourth-order valence-electron chi connectivity index (χ4n) is 3.59. The quantitative estimate of drug-likeness (QED) is 0.635. The van der Waals surface area contributed by atoms with Crippen LogP contribution in [-0.2, 0) is 9.53 Å². The van der Waals surface area contributed by atoms with E-state index in [1.165, 1.54) is 0 Å². The summed E-state index contributed by atoms with van der Waals surface area (Å²) in [4.78, 5) is 21.7. The van der Waals surface area contributed by atoms with E-state index in [-0.39, 0.29) is 12.0 Å². The summed E-state index contributed by atoms with van der Waals surface area (Å²) in [7, 11) is 1.66. The van der Waals surface area contributed by atoms with Gasteiger partial charge in [-0.3, -0.25) is 0 Å². The van der Waals surface area contributed by atoms with E-state index in [4.69, 9.17) is 9.47 Å². The summed E-state index contributed by atoms with van der Waals surface area (Å²) in [6.45, 7) is 10.1. The highest BCUT2D eigenvalue weighted by molar-refractivity contribution is 8.16. The summed E-state index contributed by atoms with van der Waals surface area (Å²) in [6, 6.07) is 5.84. The van der Waals surface area contributed by atoms with E-state index in [1.54, 1.807) is 18.9 Å². The Balaban J connectivity index is 2.12. The number of aliphatic imine (C=N–C) groups is 1.